The van der Waals surface area contributed by atoms with Gasteiger partial charge in [0.25, 0.3) is 0 Å². The van der Waals surface area contributed by atoms with E-state index in [4.69, 9.17) is 11.6 Å². The van der Waals surface area contributed by atoms with E-state index in [2.05, 4.69) is 29.2 Å². The number of aromatic nitrogens is 1. The summed E-state index contributed by atoms with van der Waals surface area (Å²) in [5.74, 6) is 0. The van der Waals surface area contributed by atoms with E-state index in [1.54, 1.807) is 0 Å². The molecule has 3 aromatic rings. The van der Waals surface area contributed by atoms with Crippen molar-refractivity contribution in [3.8, 4) is 0 Å². The zero-order chi connectivity index (χ0) is 11.7. The Morgan fingerprint density at radius 1 is 1.06 bits per heavy atom. The first-order chi connectivity index (χ1) is 8.31. The van der Waals surface area contributed by atoms with Gasteiger partial charge in [-0.1, -0.05) is 0 Å². The summed E-state index contributed by atoms with van der Waals surface area (Å²) in [5, 5.41) is 0.797. The third kappa shape index (κ3) is 2.44. The van der Waals surface area contributed by atoms with Gasteiger partial charge in [0.2, 0.25) is 0 Å². The van der Waals surface area contributed by atoms with Crippen molar-refractivity contribution in [3.63, 3.8) is 0 Å². The minimum absolute atomic E-state index is 0.374. The summed E-state index contributed by atoms with van der Waals surface area (Å²) in [5.41, 5.74) is 2.38. The molecule has 0 aliphatic rings. The summed E-state index contributed by atoms with van der Waals surface area (Å²) in [6, 6.07) is 16.4. The molecule has 0 radical (unpaired) electrons. The minimum atomic E-state index is 0.374. The van der Waals surface area contributed by atoms with Crippen molar-refractivity contribution in [2.75, 3.05) is 0 Å². The van der Waals surface area contributed by atoms with Gasteiger partial charge in [-0.3, -0.25) is 0 Å². The molecule has 0 fully saturated rings. The van der Waals surface area contributed by atoms with Crippen molar-refractivity contribution in [1.29, 1.82) is 0 Å². The second-order valence-corrected chi connectivity index (χ2v) is 6.66. The van der Waals surface area contributed by atoms with Gasteiger partial charge in [-0.15, -0.1) is 0 Å². The van der Waals surface area contributed by atoms with E-state index < -0.39 is 0 Å². The Kier molecular flexibility index (Phi) is 3.02. The third-order valence-electron chi connectivity index (χ3n) is 2.58. The predicted octanol–water partition coefficient (Wildman–Crippen LogP) is 3.54. The molecular weight excluding hydrogens is 297 g/mol. The van der Waals surface area contributed by atoms with E-state index in [0.717, 1.165) is 17.0 Å². The second-order valence-electron chi connectivity index (χ2n) is 3.88. The molecule has 0 bridgehead atoms. The summed E-state index contributed by atoms with van der Waals surface area (Å²) in [7, 11) is 0. The van der Waals surface area contributed by atoms with Crippen molar-refractivity contribution in [2.24, 2.45) is 0 Å². The van der Waals surface area contributed by atoms with Gasteiger partial charge in [0.1, 0.15) is 0 Å². The average Bonchev–Trinajstić information content (AvgIpc) is 2.71. The number of nitrogens with zero attached hydrogens (tertiary/aromatic N) is 1. The van der Waals surface area contributed by atoms with E-state index in [1.807, 2.05) is 24.3 Å². The number of hydrogen-bond acceptors (Lipinski definition) is 1. The van der Waals surface area contributed by atoms with Gasteiger partial charge in [0, 0.05) is 0 Å². The second kappa shape index (κ2) is 4.66. The standard InChI is InChI=1S/C14H10ClNSe/c15-11-5-3-4-10(8-11)9-14-16-12-6-1-2-7-13(12)17-14/h1-8H,9H2. The number of hydrogen-bond donors (Lipinski definition) is 0. The zero-order valence-electron chi connectivity index (χ0n) is 9.06. The number of halogens is 1. The molecule has 84 valence electrons. The normalized spacial score (nSPS) is 10.9. The molecule has 1 heterocycles. The van der Waals surface area contributed by atoms with E-state index in [1.165, 1.54) is 14.4 Å². The van der Waals surface area contributed by atoms with Crippen LogP contribution in [0.2, 0.25) is 5.02 Å². The van der Waals surface area contributed by atoms with Crippen LogP contribution in [0.5, 0.6) is 0 Å². The Hall–Kier alpha value is -1.08. The van der Waals surface area contributed by atoms with E-state index in [0.29, 0.717) is 14.5 Å². The number of fused-ring (bicyclic) bond motifs is 1. The van der Waals surface area contributed by atoms with Crippen LogP contribution in [0.1, 0.15) is 10.1 Å². The third-order valence-corrected chi connectivity index (χ3v) is 4.99. The van der Waals surface area contributed by atoms with Crippen LogP contribution in [0, 0.1) is 0 Å². The monoisotopic (exact) mass is 307 g/mol. The van der Waals surface area contributed by atoms with Crippen LogP contribution in [0.25, 0.3) is 9.78 Å². The van der Waals surface area contributed by atoms with Crippen LogP contribution in [-0.2, 0) is 6.42 Å². The Labute approximate surface area is 111 Å². The number of rotatable bonds is 2. The van der Waals surface area contributed by atoms with Gasteiger partial charge in [0.05, 0.1) is 0 Å². The van der Waals surface area contributed by atoms with Crippen molar-refractivity contribution in [2.45, 2.75) is 6.42 Å². The molecule has 0 aliphatic heterocycles. The summed E-state index contributed by atoms with van der Waals surface area (Å²) < 4.78 is 2.66. The fourth-order valence-corrected chi connectivity index (χ4v) is 4.13. The van der Waals surface area contributed by atoms with Gasteiger partial charge in [-0.2, -0.15) is 0 Å². The number of para-hydroxylation sites is 1. The molecule has 3 heteroatoms. The molecule has 0 atom stereocenters. The fourth-order valence-electron chi connectivity index (χ4n) is 1.82. The van der Waals surface area contributed by atoms with Gasteiger partial charge in [-0.25, -0.2) is 0 Å². The maximum atomic E-state index is 5.98. The molecule has 0 unspecified atom stereocenters. The molecule has 0 N–H and O–H groups in total. The summed E-state index contributed by atoms with van der Waals surface area (Å²) >= 11 is 6.36. The molecule has 0 saturated heterocycles. The first kappa shape index (κ1) is 11.0. The van der Waals surface area contributed by atoms with Gasteiger partial charge >= 0.3 is 111 Å². The topological polar surface area (TPSA) is 12.9 Å². The van der Waals surface area contributed by atoms with Crippen LogP contribution in [0.4, 0.5) is 0 Å². The summed E-state index contributed by atoms with van der Waals surface area (Å²) in [6.45, 7) is 0. The maximum absolute atomic E-state index is 5.98. The Morgan fingerprint density at radius 3 is 2.76 bits per heavy atom. The predicted molar refractivity (Wildman–Crippen MR) is 72.9 cm³/mol. The van der Waals surface area contributed by atoms with Crippen molar-refractivity contribution < 1.29 is 0 Å². The van der Waals surface area contributed by atoms with E-state index in [9.17, 15) is 0 Å². The van der Waals surface area contributed by atoms with Gasteiger partial charge in [-0.05, 0) is 0 Å². The molecule has 0 aliphatic carbocycles. The summed E-state index contributed by atoms with van der Waals surface area (Å²) in [4.78, 5) is 4.68. The number of benzene rings is 2. The Morgan fingerprint density at radius 2 is 1.94 bits per heavy atom. The molecule has 0 spiro atoms. The molecular formula is C14H10ClNSe. The molecule has 1 nitrogen and oxygen atoms in total. The zero-order valence-corrected chi connectivity index (χ0v) is 11.5. The molecule has 2 aromatic carbocycles. The summed E-state index contributed by atoms with van der Waals surface area (Å²) in [6.07, 6.45) is 0.912. The van der Waals surface area contributed by atoms with Crippen molar-refractivity contribution in [1.82, 2.24) is 4.98 Å². The average molecular weight is 307 g/mol. The van der Waals surface area contributed by atoms with Gasteiger partial charge < -0.3 is 0 Å². The molecule has 0 amide bonds. The van der Waals surface area contributed by atoms with Crippen LogP contribution in [-0.4, -0.2) is 19.5 Å². The molecule has 0 saturated carbocycles. The van der Waals surface area contributed by atoms with E-state index in [-0.39, 0.29) is 0 Å². The first-order valence-electron chi connectivity index (χ1n) is 5.40. The molecule has 17 heavy (non-hydrogen) atoms. The van der Waals surface area contributed by atoms with E-state index >= 15 is 0 Å². The SMILES string of the molecule is Clc1cccc(Cc2nc3ccccc3[se]2)c1. The molecule has 3 rings (SSSR count). The van der Waals surface area contributed by atoms with Crippen LogP contribution in [0.15, 0.2) is 48.5 Å². The van der Waals surface area contributed by atoms with Crippen molar-refractivity contribution in [3.05, 3.63) is 63.7 Å². The quantitative estimate of drug-likeness (QED) is 0.660. The van der Waals surface area contributed by atoms with Crippen molar-refractivity contribution >= 4 is 35.9 Å². The first-order valence-corrected chi connectivity index (χ1v) is 7.49. The van der Waals surface area contributed by atoms with Crippen LogP contribution < -0.4 is 0 Å². The Balaban J connectivity index is 1.94. The van der Waals surface area contributed by atoms with Gasteiger partial charge in [0.15, 0.2) is 0 Å². The van der Waals surface area contributed by atoms with Crippen LogP contribution in [0.3, 0.4) is 0 Å². The molecule has 1 aromatic heterocycles. The van der Waals surface area contributed by atoms with Crippen LogP contribution >= 0.6 is 11.6 Å². The Bertz CT molecular complexity index is 627. The fraction of sp³-hybridized carbons (Fsp3) is 0.0714.